The molecule has 3 rings (SSSR count). The topological polar surface area (TPSA) is 82.1 Å². The SMILES string of the molecule is CC(=O)CSC1=NC2C(C(=O)NC(=O)N2C)N1CCCc1ccccc1. The Morgan fingerprint density at radius 3 is 2.69 bits per heavy atom. The predicted molar refractivity (Wildman–Crippen MR) is 101 cm³/mol. The molecular formula is C18H22N4O3S. The van der Waals surface area contributed by atoms with E-state index in [1.165, 1.54) is 29.1 Å². The Morgan fingerprint density at radius 2 is 2.00 bits per heavy atom. The Balaban J connectivity index is 1.73. The van der Waals surface area contributed by atoms with E-state index < -0.39 is 18.2 Å². The number of carbonyl (C=O) groups excluding carboxylic acids is 3. The van der Waals surface area contributed by atoms with Gasteiger partial charge < -0.3 is 9.80 Å². The molecule has 0 bridgehead atoms. The van der Waals surface area contributed by atoms with Crippen molar-refractivity contribution in [2.24, 2.45) is 4.99 Å². The van der Waals surface area contributed by atoms with Crippen LogP contribution in [0.1, 0.15) is 18.9 Å². The summed E-state index contributed by atoms with van der Waals surface area (Å²) in [7, 11) is 1.63. The number of hydrogen-bond donors (Lipinski definition) is 1. The van der Waals surface area contributed by atoms with Crippen molar-refractivity contribution in [3.63, 3.8) is 0 Å². The van der Waals surface area contributed by atoms with Gasteiger partial charge in [-0.1, -0.05) is 42.1 Å². The Morgan fingerprint density at radius 1 is 1.27 bits per heavy atom. The minimum absolute atomic E-state index is 0.0469. The van der Waals surface area contributed by atoms with Gasteiger partial charge in [-0.15, -0.1) is 0 Å². The number of thioether (sulfide) groups is 1. The first-order valence-electron chi connectivity index (χ1n) is 8.55. The number of imide groups is 1. The zero-order chi connectivity index (χ0) is 18.7. The summed E-state index contributed by atoms with van der Waals surface area (Å²) < 4.78 is 0. The maximum atomic E-state index is 12.4. The van der Waals surface area contributed by atoms with Crippen molar-refractivity contribution >= 4 is 34.7 Å². The number of aliphatic imine (C=N–C) groups is 1. The lowest BCUT2D eigenvalue weighted by atomic mass is 10.1. The molecule has 1 N–H and O–H groups in total. The van der Waals surface area contributed by atoms with Crippen LogP contribution < -0.4 is 5.32 Å². The molecule has 2 atom stereocenters. The number of ketones is 1. The molecule has 0 aromatic heterocycles. The highest BCUT2D eigenvalue weighted by atomic mass is 32.2. The van der Waals surface area contributed by atoms with Crippen molar-refractivity contribution in [2.75, 3.05) is 19.3 Å². The third-order valence-electron chi connectivity index (χ3n) is 4.43. The van der Waals surface area contributed by atoms with E-state index in [0.717, 1.165) is 12.8 Å². The highest BCUT2D eigenvalue weighted by Gasteiger charge is 2.48. The summed E-state index contributed by atoms with van der Waals surface area (Å²) in [5.74, 6) is 0.0119. The fraction of sp³-hybridized carbons (Fsp3) is 0.444. The fourth-order valence-electron chi connectivity index (χ4n) is 3.12. The third-order valence-corrected chi connectivity index (χ3v) is 5.58. The van der Waals surface area contributed by atoms with Gasteiger partial charge in [0, 0.05) is 13.6 Å². The average Bonchev–Trinajstić information content (AvgIpc) is 2.98. The summed E-state index contributed by atoms with van der Waals surface area (Å²) in [5.41, 5.74) is 1.23. The average molecular weight is 374 g/mol. The van der Waals surface area contributed by atoms with Crippen LogP contribution in [0.4, 0.5) is 4.79 Å². The number of nitrogens with zero attached hydrogens (tertiary/aromatic N) is 3. The van der Waals surface area contributed by atoms with E-state index in [9.17, 15) is 14.4 Å². The highest BCUT2D eigenvalue weighted by molar-refractivity contribution is 8.14. The second-order valence-corrected chi connectivity index (χ2v) is 7.39. The van der Waals surface area contributed by atoms with E-state index in [1.54, 1.807) is 7.05 Å². The van der Waals surface area contributed by atoms with Crippen molar-refractivity contribution in [1.29, 1.82) is 0 Å². The van der Waals surface area contributed by atoms with Crippen LogP contribution in [0.25, 0.3) is 0 Å². The molecule has 0 radical (unpaired) electrons. The Hall–Kier alpha value is -2.35. The van der Waals surface area contributed by atoms with Crippen LogP contribution >= 0.6 is 11.8 Å². The number of rotatable bonds is 6. The molecule has 1 aromatic carbocycles. The van der Waals surface area contributed by atoms with Gasteiger partial charge >= 0.3 is 6.03 Å². The van der Waals surface area contributed by atoms with E-state index >= 15 is 0 Å². The first-order valence-corrected chi connectivity index (χ1v) is 9.54. The van der Waals surface area contributed by atoms with Crippen LogP contribution in [0.5, 0.6) is 0 Å². The zero-order valence-corrected chi connectivity index (χ0v) is 15.7. The van der Waals surface area contributed by atoms with Gasteiger partial charge in [0.25, 0.3) is 5.91 Å². The standard InChI is InChI=1S/C18H22N4O3S/c1-12(23)11-26-18-19-15-14(16(24)20-17(25)21(15)2)22(18)10-6-9-13-7-4-3-5-8-13/h3-5,7-8,14-15H,6,9-11H2,1-2H3,(H,20,24,25). The fourth-order valence-corrected chi connectivity index (χ4v) is 4.01. The number of Topliss-reactive ketones (excluding diaryl/α,β-unsaturated/α-hetero) is 1. The quantitative estimate of drug-likeness (QED) is 0.816. The molecule has 1 aromatic rings. The molecule has 2 aliphatic heterocycles. The van der Waals surface area contributed by atoms with E-state index in [-0.39, 0.29) is 11.7 Å². The number of nitrogens with one attached hydrogen (secondary N) is 1. The molecular weight excluding hydrogens is 352 g/mol. The molecule has 1 fully saturated rings. The van der Waals surface area contributed by atoms with Crippen LogP contribution in [-0.4, -0.2) is 64.2 Å². The normalized spacial score (nSPS) is 22.2. The Bertz CT molecular complexity index is 737. The van der Waals surface area contributed by atoms with Crippen LogP contribution in [0, 0.1) is 0 Å². The van der Waals surface area contributed by atoms with Gasteiger partial charge in [-0.25, -0.2) is 9.79 Å². The molecule has 2 unspecified atom stereocenters. The number of carbonyl (C=O) groups is 3. The Labute approximate surface area is 156 Å². The molecule has 3 amide bonds. The summed E-state index contributed by atoms with van der Waals surface area (Å²) in [5, 5.41) is 3.03. The summed E-state index contributed by atoms with van der Waals surface area (Å²) >= 11 is 1.33. The first kappa shape index (κ1) is 18.4. The molecule has 0 spiro atoms. The van der Waals surface area contributed by atoms with E-state index in [1.807, 2.05) is 23.1 Å². The number of likely N-dealkylation sites (N-methyl/N-ethyl adjacent to an activating group) is 1. The smallest absolute Gasteiger partial charge is 0.325 e. The van der Waals surface area contributed by atoms with Crippen molar-refractivity contribution in [3.05, 3.63) is 35.9 Å². The molecule has 0 aliphatic carbocycles. The number of benzene rings is 1. The molecule has 138 valence electrons. The number of amides is 3. The maximum absolute atomic E-state index is 12.4. The Kier molecular flexibility index (Phi) is 5.61. The summed E-state index contributed by atoms with van der Waals surface area (Å²) in [4.78, 5) is 43.6. The van der Waals surface area contributed by atoms with Gasteiger partial charge in [-0.05, 0) is 25.3 Å². The molecule has 2 aliphatic rings. The zero-order valence-electron chi connectivity index (χ0n) is 14.8. The molecule has 7 nitrogen and oxygen atoms in total. The van der Waals surface area contributed by atoms with Gasteiger partial charge in [0.2, 0.25) is 0 Å². The van der Waals surface area contributed by atoms with Gasteiger partial charge in [0.05, 0.1) is 5.75 Å². The molecule has 2 heterocycles. The molecule has 0 saturated carbocycles. The number of urea groups is 1. The summed E-state index contributed by atoms with van der Waals surface area (Å²) in [6.07, 6.45) is 1.19. The van der Waals surface area contributed by atoms with Crippen LogP contribution in [0.15, 0.2) is 35.3 Å². The largest absolute Gasteiger partial charge is 0.336 e. The second-order valence-electron chi connectivity index (χ2n) is 6.45. The van der Waals surface area contributed by atoms with Gasteiger partial charge in [-0.3, -0.25) is 14.9 Å². The highest BCUT2D eigenvalue weighted by Crippen LogP contribution is 2.28. The van der Waals surface area contributed by atoms with Crippen molar-refractivity contribution in [1.82, 2.24) is 15.1 Å². The lowest BCUT2D eigenvalue weighted by Gasteiger charge is -2.36. The van der Waals surface area contributed by atoms with Crippen LogP contribution in [0.3, 0.4) is 0 Å². The first-order chi connectivity index (χ1) is 12.5. The maximum Gasteiger partial charge on any atom is 0.325 e. The van der Waals surface area contributed by atoms with Crippen LogP contribution in [-0.2, 0) is 16.0 Å². The van der Waals surface area contributed by atoms with Crippen LogP contribution in [0.2, 0.25) is 0 Å². The lowest BCUT2D eigenvalue weighted by Crippen LogP contribution is -2.63. The summed E-state index contributed by atoms with van der Waals surface area (Å²) in [6.45, 7) is 2.16. The van der Waals surface area contributed by atoms with Gasteiger partial charge in [-0.2, -0.15) is 0 Å². The summed E-state index contributed by atoms with van der Waals surface area (Å²) in [6, 6.07) is 9.16. The minimum atomic E-state index is -0.539. The van der Waals surface area contributed by atoms with Crippen molar-refractivity contribution < 1.29 is 14.4 Å². The van der Waals surface area contributed by atoms with Gasteiger partial charge in [0.1, 0.15) is 5.78 Å². The molecule has 8 heteroatoms. The second kappa shape index (κ2) is 7.90. The monoisotopic (exact) mass is 374 g/mol. The molecule has 1 saturated heterocycles. The number of amidine groups is 1. The number of aryl methyl sites for hydroxylation is 1. The van der Waals surface area contributed by atoms with Gasteiger partial charge in [0.15, 0.2) is 17.4 Å². The van der Waals surface area contributed by atoms with E-state index in [2.05, 4.69) is 22.4 Å². The lowest BCUT2D eigenvalue weighted by molar-refractivity contribution is -0.127. The third kappa shape index (κ3) is 3.90. The van der Waals surface area contributed by atoms with Crippen molar-refractivity contribution in [2.45, 2.75) is 32.0 Å². The predicted octanol–water partition coefficient (Wildman–Crippen LogP) is 1.49. The van der Waals surface area contributed by atoms with E-state index in [4.69, 9.17) is 0 Å². The minimum Gasteiger partial charge on any atom is -0.336 e. The van der Waals surface area contributed by atoms with Crippen molar-refractivity contribution in [3.8, 4) is 0 Å². The number of hydrogen-bond acceptors (Lipinski definition) is 6. The number of fused-ring (bicyclic) bond motifs is 1. The molecule has 26 heavy (non-hydrogen) atoms. The van der Waals surface area contributed by atoms with E-state index in [0.29, 0.717) is 17.5 Å².